The summed E-state index contributed by atoms with van der Waals surface area (Å²) in [6, 6.07) is 8.37. The van der Waals surface area contributed by atoms with Gasteiger partial charge in [0.15, 0.2) is 0 Å². The van der Waals surface area contributed by atoms with Crippen molar-refractivity contribution in [2.45, 2.75) is 37.9 Å². The van der Waals surface area contributed by atoms with Gasteiger partial charge < -0.3 is 10.4 Å². The van der Waals surface area contributed by atoms with Gasteiger partial charge in [-0.15, -0.1) is 0 Å². The number of anilines is 1. The number of amides is 1. The molecule has 0 aliphatic heterocycles. The molecule has 1 aromatic carbocycles. The first-order valence-corrected chi connectivity index (χ1v) is 10.2. The molecule has 0 bridgehead atoms. The molecule has 0 atom stereocenters. The lowest BCUT2D eigenvalue weighted by molar-refractivity contribution is -0.141. The van der Waals surface area contributed by atoms with E-state index >= 15 is 0 Å². The van der Waals surface area contributed by atoms with Crippen LogP contribution >= 0.6 is 0 Å². The smallest absolute Gasteiger partial charge is 0.396 e. The first-order chi connectivity index (χ1) is 15.3. The number of rotatable bonds is 4. The molecule has 1 saturated carbocycles. The van der Waals surface area contributed by atoms with Crippen molar-refractivity contribution in [1.29, 1.82) is 5.26 Å². The third-order valence-corrected chi connectivity index (χ3v) is 5.75. The van der Waals surface area contributed by atoms with Crippen molar-refractivity contribution in [2.75, 3.05) is 11.9 Å². The molecular formula is C22H20F3N5O2. The van der Waals surface area contributed by atoms with E-state index in [2.05, 4.69) is 15.4 Å². The molecule has 166 valence electrons. The molecule has 10 heteroatoms. The standard InChI is InChI=1S/C22H20F3N5O2/c23-22(24,25)20-3-1-2-17(27-20)21(32)28-18-9-15-11-30(29-19(15)8-14(18)10-26)16-6-4-13(12-31)5-7-16/h1-3,8-9,11,13,16,31H,4-7,12H2,(H,28,32)/t13-,16-. The number of carbonyl (C=O) groups excluding carboxylic acids is 1. The third kappa shape index (κ3) is 4.43. The van der Waals surface area contributed by atoms with Crippen molar-refractivity contribution >= 4 is 22.5 Å². The number of alkyl halides is 3. The Hall–Kier alpha value is -3.45. The van der Waals surface area contributed by atoms with Gasteiger partial charge in [0.05, 0.1) is 22.8 Å². The Labute approximate surface area is 181 Å². The van der Waals surface area contributed by atoms with Gasteiger partial charge in [0, 0.05) is 18.2 Å². The Bertz CT molecular complexity index is 1190. The highest BCUT2D eigenvalue weighted by Gasteiger charge is 2.33. The van der Waals surface area contributed by atoms with E-state index in [1.165, 1.54) is 6.07 Å². The maximum Gasteiger partial charge on any atom is 0.433 e. The molecule has 1 aliphatic rings. The van der Waals surface area contributed by atoms with Crippen LogP contribution in [0.4, 0.5) is 18.9 Å². The normalized spacial score (nSPS) is 19.0. The van der Waals surface area contributed by atoms with Crippen molar-refractivity contribution in [3.63, 3.8) is 0 Å². The van der Waals surface area contributed by atoms with Gasteiger partial charge in [0.2, 0.25) is 0 Å². The number of halogens is 3. The number of fused-ring (bicyclic) bond motifs is 1. The Balaban J connectivity index is 1.59. The van der Waals surface area contributed by atoms with Crippen LogP contribution in [0.25, 0.3) is 10.9 Å². The lowest BCUT2D eigenvalue weighted by Gasteiger charge is -2.27. The molecule has 2 N–H and O–H groups in total. The first kappa shape index (κ1) is 21.8. The van der Waals surface area contributed by atoms with Crippen molar-refractivity contribution in [3.05, 3.63) is 53.5 Å². The van der Waals surface area contributed by atoms with E-state index in [9.17, 15) is 28.3 Å². The third-order valence-electron chi connectivity index (χ3n) is 5.75. The Morgan fingerprint density at radius 3 is 2.66 bits per heavy atom. The number of benzene rings is 1. The molecule has 2 heterocycles. The van der Waals surface area contributed by atoms with Crippen molar-refractivity contribution in [2.24, 2.45) is 5.92 Å². The minimum absolute atomic E-state index is 0.145. The van der Waals surface area contributed by atoms with E-state index in [-0.39, 0.29) is 23.9 Å². The van der Waals surface area contributed by atoms with Crippen LogP contribution in [0.2, 0.25) is 0 Å². The summed E-state index contributed by atoms with van der Waals surface area (Å²) < 4.78 is 40.5. The molecule has 0 spiro atoms. The van der Waals surface area contributed by atoms with Crippen LogP contribution in [0.5, 0.6) is 0 Å². The van der Waals surface area contributed by atoms with Crippen LogP contribution in [0, 0.1) is 17.2 Å². The predicted molar refractivity (Wildman–Crippen MR) is 110 cm³/mol. The topological polar surface area (TPSA) is 104 Å². The number of aliphatic hydroxyl groups is 1. The van der Waals surface area contributed by atoms with E-state index in [0.717, 1.165) is 37.8 Å². The largest absolute Gasteiger partial charge is 0.433 e. The highest BCUT2D eigenvalue weighted by atomic mass is 19.4. The summed E-state index contributed by atoms with van der Waals surface area (Å²) in [5.41, 5.74) is -0.667. The molecule has 1 amide bonds. The molecule has 1 aliphatic carbocycles. The summed E-state index contributed by atoms with van der Waals surface area (Å²) in [5.74, 6) is -0.533. The number of nitrogens with one attached hydrogen (secondary N) is 1. The van der Waals surface area contributed by atoms with Crippen LogP contribution in [-0.2, 0) is 6.18 Å². The van der Waals surface area contributed by atoms with E-state index in [0.29, 0.717) is 16.8 Å². The highest BCUT2D eigenvalue weighted by Crippen LogP contribution is 2.33. The van der Waals surface area contributed by atoms with Gasteiger partial charge in [-0.05, 0) is 55.9 Å². The van der Waals surface area contributed by atoms with Crippen molar-refractivity contribution in [3.8, 4) is 6.07 Å². The number of nitrogens with zero attached hydrogens (tertiary/aromatic N) is 4. The van der Waals surface area contributed by atoms with Gasteiger partial charge in [-0.25, -0.2) is 4.98 Å². The highest BCUT2D eigenvalue weighted by molar-refractivity contribution is 6.04. The van der Waals surface area contributed by atoms with Gasteiger partial charge in [0.1, 0.15) is 17.5 Å². The van der Waals surface area contributed by atoms with Gasteiger partial charge in [-0.2, -0.15) is 23.5 Å². The molecule has 32 heavy (non-hydrogen) atoms. The minimum atomic E-state index is -4.67. The Morgan fingerprint density at radius 1 is 1.25 bits per heavy atom. The summed E-state index contributed by atoms with van der Waals surface area (Å²) in [6.45, 7) is 0.184. The molecule has 0 unspecified atom stereocenters. The summed E-state index contributed by atoms with van der Waals surface area (Å²) in [7, 11) is 0. The number of nitriles is 1. The Morgan fingerprint density at radius 2 is 2.00 bits per heavy atom. The average molecular weight is 443 g/mol. The molecular weight excluding hydrogens is 423 g/mol. The molecule has 0 radical (unpaired) electrons. The zero-order chi connectivity index (χ0) is 22.9. The lowest BCUT2D eigenvalue weighted by atomic mass is 9.87. The van der Waals surface area contributed by atoms with E-state index in [1.54, 1.807) is 12.1 Å². The average Bonchev–Trinajstić information content (AvgIpc) is 3.21. The van der Waals surface area contributed by atoms with Crippen LogP contribution in [0.3, 0.4) is 0 Å². The number of hydrogen-bond donors (Lipinski definition) is 2. The van der Waals surface area contributed by atoms with E-state index in [1.807, 2.05) is 16.9 Å². The van der Waals surface area contributed by atoms with Crippen LogP contribution in [0.1, 0.15) is 53.5 Å². The monoisotopic (exact) mass is 443 g/mol. The van der Waals surface area contributed by atoms with Gasteiger partial charge in [0.25, 0.3) is 5.91 Å². The van der Waals surface area contributed by atoms with Gasteiger partial charge in [-0.1, -0.05) is 6.07 Å². The first-order valence-electron chi connectivity index (χ1n) is 10.2. The van der Waals surface area contributed by atoms with Gasteiger partial charge in [-0.3, -0.25) is 9.48 Å². The van der Waals surface area contributed by atoms with Crippen molar-refractivity contribution in [1.82, 2.24) is 14.8 Å². The molecule has 2 aromatic heterocycles. The summed E-state index contributed by atoms with van der Waals surface area (Å²) in [4.78, 5) is 15.9. The minimum Gasteiger partial charge on any atom is -0.396 e. The second-order valence-electron chi connectivity index (χ2n) is 7.89. The van der Waals surface area contributed by atoms with Gasteiger partial charge >= 0.3 is 6.18 Å². The maximum absolute atomic E-state index is 12.9. The summed E-state index contributed by atoms with van der Waals surface area (Å²) in [6.07, 6.45) is 0.749. The number of aliphatic hydroxyl groups excluding tert-OH is 1. The molecule has 3 aromatic rings. The predicted octanol–water partition coefficient (Wildman–Crippen LogP) is 4.30. The number of pyridine rings is 1. The zero-order valence-corrected chi connectivity index (χ0v) is 16.9. The van der Waals surface area contributed by atoms with Crippen LogP contribution < -0.4 is 5.32 Å². The van der Waals surface area contributed by atoms with Crippen molar-refractivity contribution < 1.29 is 23.1 Å². The number of hydrogen-bond acceptors (Lipinski definition) is 5. The van der Waals surface area contributed by atoms with E-state index < -0.39 is 23.5 Å². The number of aromatic nitrogens is 3. The molecule has 4 rings (SSSR count). The van der Waals surface area contributed by atoms with Crippen LogP contribution in [-0.4, -0.2) is 32.4 Å². The molecule has 7 nitrogen and oxygen atoms in total. The SMILES string of the molecule is N#Cc1cc2nn([C@H]3CC[C@H](CO)CC3)cc2cc1NC(=O)c1cccc(C(F)(F)F)n1. The zero-order valence-electron chi connectivity index (χ0n) is 16.9. The lowest BCUT2D eigenvalue weighted by Crippen LogP contribution is -2.20. The molecule has 0 saturated heterocycles. The maximum atomic E-state index is 12.9. The summed E-state index contributed by atoms with van der Waals surface area (Å²) >= 11 is 0. The second-order valence-corrected chi connectivity index (χ2v) is 7.89. The quantitative estimate of drug-likeness (QED) is 0.626. The fourth-order valence-electron chi connectivity index (χ4n) is 3.97. The fraction of sp³-hybridized carbons (Fsp3) is 0.364. The second kappa shape index (κ2) is 8.59. The fourth-order valence-corrected chi connectivity index (χ4v) is 3.97. The Kier molecular flexibility index (Phi) is 5.84. The van der Waals surface area contributed by atoms with Crippen LogP contribution in [0.15, 0.2) is 36.5 Å². The summed E-state index contributed by atoms with van der Waals surface area (Å²) in [5, 5.41) is 26.6. The molecule has 1 fully saturated rings. The number of carbonyl (C=O) groups is 1. The van der Waals surface area contributed by atoms with E-state index in [4.69, 9.17) is 0 Å².